The number of rotatable bonds is 6. The van der Waals surface area contributed by atoms with Crippen molar-refractivity contribution in [3.05, 3.63) is 78.6 Å². The number of nitrogens with zero attached hydrogens (tertiary/aromatic N) is 2. The van der Waals surface area contributed by atoms with Gasteiger partial charge in [0.2, 0.25) is 11.8 Å². The fourth-order valence-electron chi connectivity index (χ4n) is 3.94. The molecule has 1 aromatic heterocycles. The van der Waals surface area contributed by atoms with Crippen LogP contribution >= 0.6 is 12.2 Å². The van der Waals surface area contributed by atoms with Gasteiger partial charge in [-0.25, -0.2) is 0 Å². The zero-order valence-electron chi connectivity index (χ0n) is 19.6. The minimum atomic E-state index is -0.357. The zero-order chi connectivity index (χ0) is 24.6. The lowest BCUT2D eigenvalue weighted by molar-refractivity contribution is -0.131. The van der Waals surface area contributed by atoms with Crippen molar-refractivity contribution in [1.29, 1.82) is 0 Å². The number of furan rings is 1. The summed E-state index contributed by atoms with van der Waals surface area (Å²) in [6, 6.07) is 21.2. The Morgan fingerprint density at radius 3 is 2.43 bits per heavy atom. The first-order valence-electron chi connectivity index (χ1n) is 11.6. The molecule has 2 aromatic carbocycles. The number of piperazine rings is 1. The van der Waals surface area contributed by atoms with Gasteiger partial charge in [0.05, 0.1) is 11.4 Å². The Labute approximate surface area is 210 Å². The van der Waals surface area contributed by atoms with Crippen molar-refractivity contribution in [2.75, 3.05) is 36.4 Å². The van der Waals surface area contributed by atoms with Crippen LogP contribution in [0.3, 0.4) is 0 Å². The van der Waals surface area contributed by atoms with Crippen molar-refractivity contribution in [2.24, 2.45) is 0 Å². The van der Waals surface area contributed by atoms with E-state index in [4.69, 9.17) is 16.6 Å². The first kappa shape index (κ1) is 24.2. The van der Waals surface area contributed by atoms with E-state index in [1.165, 1.54) is 6.08 Å². The number of thiocarbonyl (C=S) groups is 1. The zero-order valence-corrected chi connectivity index (χ0v) is 20.4. The molecule has 0 saturated carbocycles. The molecule has 0 atom stereocenters. The second kappa shape index (κ2) is 11.5. The minimum Gasteiger partial charge on any atom is -0.457 e. The van der Waals surface area contributed by atoms with Gasteiger partial charge in [-0.3, -0.25) is 14.9 Å². The fourth-order valence-corrected chi connectivity index (χ4v) is 4.15. The molecule has 1 saturated heterocycles. The largest absolute Gasteiger partial charge is 0.457 e. The molecule has 2 heterocycles. The average molecular weight is 489 g/mol. The molecule has 180 valence electrons. The molecule has 0 spiro atoms. The highest BCUT2D eigenvalue weighted by Crippen LogP contribution is 2.27. The van der Waals surface area contributed by atoms with Gasteiger partial charge in [-0.05, 0) is 42.6 Å². The summed E-state index contributed by atoms with van der Waals surface area (Å²) in [5.74, 6) is 1.13. The summed E-state index contributed by atoms with van der Waals surface area (Å²) >= 11 is 5.37. The Kier molecular flexibility index (Phi) is 7.95. The van der Waals surface area contributed by atoms with Crippen molar-refractivity contribution >= 4 is 46.6 Å². The molecule has 35 heavy (non-hydrogen) atoms. The third-order valence-corrected chi connectivity index (χ3v) is 5.95. The van der Waals surface area contributed by atoms with Crippen molar-refractivity contribution < 1.29 is 14.0 Å². The highest BCUT2D eigenvalue weighted by atomic mass is 32.1. The molecule has 0 unspecified atom stereocenters. The third kappa shape index (κ3) is 6.36. The molecule has 3 aromatic rings. The van der Waals surface area contributed by atoms with Crippen molar-refractivity contribution in [2.45, 2.75) is 13.3 Å². The summed E-state index contributed by atoms with van der Waals surface area (Å²) in [5.41, 5.74) is 2.75. The van der Waals surface area contributed by atoms with E-state index in [0.717, 1.165) is 35.8 Å². The van der Waals surface area contributed by atoms with Crippen LogP contribution in [0, 0.1) is 0 Å². The first-order valence-corrected chi connectivity index (χ1v) is 12.0. The van der Waals surface area contributed by atoms with Crippen LogP contribution in [0.5, 0.6) is 0 Å². The predicted octanol–water partition coefficient (Wildman–Crippen LogP) is 4.53. The summed E-state index contributed by atoms with van der Waals surface area (Å²) in [7, 11) is 0. The SMILES string of the molecule is CCC(=O)N1CCN(c2ccccc2NC(=S)NC(=O)/C=C/c2ccc(-c3ccccc3)o2)CC1. The molecular weight excluding hydrogens is 460 g/mol. The monoisotopic (exact) mass is 488 g/mol. The number of carbonyl (C=O) groups is 2. The molecule has 2 N–H and O–H groups in total. The highest BCUT2D eigenvalue weighted by molar-refractivity contribution is 7.80. The molecule has 1 aliphatic rings. The lowest BCUT2D eigenvalue weighted by atomic mass is 10.2. The Bertz CT molecular complexity index is 1210. The van der Waals surface area contributed by atoms with Crippen molar-refractivity contribution in [3.63, 3.8) is 0 Å². The molecule has 4 rings (SSSR count). The summed E-state index contributed by atoms with van der Waals surface area (Å²) in [5, 5.41) is 6.01. The van der Waals surface area contributed by atoms with Gasteiger partial charge >= 0.3 is 0 Å². The quantitative estimate of drug-likeness (QED) is 0.392. The summed E-state index contributed by atoms with van der Waals surface area (Å²) in [4.78, 5) is 28.5. The normalized spacial score (nSPS) is 13.6. The number of hydrogen-bond acceptors (Lipinski definition) is 5. The summed E-state index contributed by atoms with van der Waals surface area (Å²) in [6.07, 6.45) is 3.52. The van der Waals surface area contributed by atoms with Crippen LogP contribution in [0.15, 0.2) is 77.2 Å². The maximum atomic E-state index is 12.4. The van der Waals surface area contributed by atoms with Crippen LogP contribution in [0.2, 0.25) is 0 Å². The molecule has 2 amide bonds. The summed E-state index contributed by atoms with van der Waals surface area (Å²) < 4.78 is 5.79. The van der Waals surface area contributed by atoms with E-state index in [9.17, 15) is 9.59 Å². The van der Waals surface area contributed by atoms with E-state index in [1.54, 1.807) is 6.08 Å². The standard InChI is InChI=1S/C27H28N4O3S/c1-2-26(33)31-18-16-30(17-19-31)23-11-7-6-10-22(23)28-27(35)29-25(32)15-13-21-12-14-24(34-21)20-8-4-3-5-9-20/h3-15H,2,16-19H2,1H3,(H2,28,29,32,35)/b15-13+. The molecule has 8 heteroatoms. The second-order valence-corrected chi connectivity index (χ2v) is 8.49. The van der Waals surface area contributed by atoms with E-state index in [1.807, 2.05) is 78.6 Å². The van der Waals surface area contributed by atoms with Gasteiger partial charge < -0.3 is 19.5 Å². The number of amides is 2. The maximum Gasteiger partial charge on any atom is 0.250 e. The number of hydrogen-bond donors (Lipinski definition) is 2. The van der Waals surface area contributed by atoms with Crippen LogP contribution in [0.25, 0.3) is 17.4 Å². The molecule has 1 fully saturated rings. The average Bonchev–Trinajstić information content (AvgIpc) is 3.37. The van der Waals surface area contributed by atoms with Crippen LogP contribution < -0.4 is 15.5 Å². The topological polar surface area (TPSA) is 77.8 Å². The maximum absolute atomic E-state index is 12.4. The van der Waals surface area contributed by atoms with E-state index < -0.39 is 0 Å². The van der Waals surface area contributed by atoms with E-state index >= 15 is 0 Å². The smallest absolute Gasteiger partial charge is 0.250 e. The number of nitrogens with one attached hydrogen (secondary N) is 2. The van der Waals surface area contributed by atoms with Gasteiger partial charge in [0, 0.05) is 44.2 Å². The Morgan fingerprint density at radius 1 is 0.971 bits per heavy atom. The molecule has 0 aliphatic carbocycles. The van der Waals surface area contributed by atoms with Crippen LogP contribution in [0.4, 0.5) is 11.4 Å². The Hall–Kier alpha value is -3.91. The molecule has 7 nitrogen and oxygen atoms in total. The minimum absolute atomic E-state index is 0.179. The number of carbonyl (C=O) groups excluding carboxylic acids is 2. The Morgan fingerprint density at radius 2 is 1.69 bits per heavy atom. The van der Waals surface area contributed by atoms with Crippen molar-refractivity contribution in [1.82, 2.24) is 10.2 Å². The van der Waals surface area contributed by atoms with E-state index in [-0.39, 0.29) is 16.9 Å². The Balaban J connectivity index is 1.32. The first-order chi connectivity index (χ1) is 17.0. The van der Waals surface area contributed by atoms with E-state index in [2.05, 4.69) is 15.5 Å². The molecule has 0 bridgehead atoms. The number of para-hydroxylation sites is 2. The van der Waals surface area contributed by atoms with Gasteiger partial charge in [-0.2, -0.15) is 0 Å². The van der Waals surface area contributed by atoms with Crippen LogP contribution in [-0.4, -0.2) is 48.0 Å². The van der Waals surface area contributed by atoms with Gasteiger partial charge in [-0.1, -0.05) is 49.4 Å². The lowest BCUT2D eigenvalue weighted by Gasteiger charge is -2.37. The lowest BCUT2D eigenvalue weighted by Crippen LogP contribution is -2.48. The second-order valence-electron chi connectivity index (χ2n) is 8.08. The van der Waals surface area contributed by atoms with Crippen molar-refractivity contribution in [3.8, 4) is 11.3 Å². The van der Waals surface area contributed by atoms with Crippen LogP contribution in [-0.2, 0) is 9.59 Å². The third-order valence-electron chi connectivity index (χ3n) is 5.75. The van der Waals surface area contributed by atoms with Gasteiger partial charge in [0.1, 0.15) is 11.5 Å². The van der Waals surface area contributed by atoms with Crippen LogP contribution in [0.1, 0.15) is 19.1 Å². The van der Waals surface area contributed by atoms with Gasteiger partial charge in [0.15, 0.2) is 5.11 Å². The number of anilines is 2. The van der Waals surface area contributed by atoms with Gasteiger partial charge in [-0.15, -0.1) is 0 Å². The predicted molar refractivity (Wildman–Crippen MR) is 143 cm³/mol. The van der Waals surface area contributed by atoms with E-state index in [0.29, 0.717) is 25.3 Å². The highest BCUT2D eigenvalue weighted by Gasteiger charge is 2.21. The molecule has 0 radical (unpaired) electrons. The summed E-state index contributed by atoms with van der Waals surface area (Å²) in [6.45, 7) is 4.73. The van der Waals surface area contributed by atoms with Gasteiger partial charge in [0.25, 0.3) is 0 Å². The molecular formula is C27H28N4O3S. The number of benzene rings is 2. The fraction of sp³-hybridized carbons (Fsp3) is 0.222. The molecule has 1 aliphatic heterocycles.